The molecule has 0 bridgehead atoms. The highest BCUT2D eigenvalue weighted by Gasteiger charge is 2.13. The number of para-hydroxylation sites is 1. The highest BCUT2D eigenvalue weighted by atomic mass is 32.1. The molecule has 3 rings (SSSR count). The third-order valence-electron chi connectivity index (χ3n) is 3.86. The zero-order valence-corrected chi connectivity index (χ0v) is 14.2. The van der Waals surface area contributed by atoms with Gasteiger partial charge in [-0.1, -0.05) is 35.9 Å². The van der Waals surface area contributed by atoms with Crippen LogP contribution in [0.3, 0.4) is 0 Å². The predicted molar refractivity (Wildman–Crippen MR) is 99.1 cm³/mol. The molecule has 4 heteroatoms. The molecular weight excluding hydrogens is 302 g/mol. The van der Waals surface area contributed by atoms with E-state index in [1.807, 2.05) is 44.2 Å². The van der Waals surface area contributed by atoms with Gasteiger partial charge in [-0.15, -0.1) is 11.3 Å². The minimum Gasteiger partial charge on any atom is -0.398 e. The summed E-state index contributed by atoms with van der Waals surface area (Å²) < 4.78 is 1.18. The zero-order chi connectivity index (χ0) is 16.4. The Balaban J connectivity index is 1.84. The summed E-state index contributed by atoms with van der Waals surface area (Å²) in [6.45, 7) is 4.05. The van der Waals surface area contributed by atoms with Gasteiger partial charge >= 0.3 is 0 Å². The Morgan fingerprint density at radius 3 is 2.65 bits per heavy atom. The summed E-state index contributed by atoms with van der Waals surface area (Å²) >= 11 is 1.67. The van der Waals surface area contributed by atoms with E-state index in [0.717, 1.165) is 33.8 Å². The number of rotatable bonds is 4. The van der Waals surface area contributed by atoms with Crippen molar-refractivity contribution in [2.45, 2.75) is 26.3 Å². The molecule has 4 N–H and O–H groups in total. The third kappa shape index (κ3) is 3.44. The Bertz CT molecular complexity index is 827. The highest BCUT2D eigenvalue weighted by molar-refractivity contribution is 7.18. The van der Waals surface area contributed by atoms with Crippen molar-refractivity contribution in [1.82, 2.24) is 4.98 Å². The Morgan fingerprint density at radius 2 is 1.91 bits per heavy atom. The number of fused-ring (bicyclic) bond motifs is 1. The second-order valence-corrected chi connectivity index (χ2v) is 7.01. The van der Waals surface area contributed by atoms with E-state index in [-0.39, 0.29) is 6.04 Å². The smallest absolute Gasteiger partial charge is 0.111 e. The molecule has 1 aromatic heterocycles. The van der Waals surface area contributed by atoms with Gasteiger partial charge in [0.15, 0.2) is 0 Å². The van der Waals surface area contributed by atoms with Crippen LogP contribution in [0.2, 0.25) is 0 Å². The Kier molecular flexibility index (Phi) is 4.46. The molecule has 118 valence electrons. The van der Waals surface area contributed by atoms with Crippen LogP contribution < -0.4 is 11.5 Å². The van der Waals surface area contributed by atoms with Gasteiger partial charge in [-0.2, -0.15) is 0 Å². The van der Waals surface area contributed by atoms with E-state index in [0.29, 0.717) is 0 Å². The fourth-order valence-electron chi connectivity index (χ4n) is 2.54. The summed E-state index contributed by atoms with van der Waals surface area (Å²) in [7, 11) is 0. The number of hydrogen-bond acceptors (Lipinski definition) is 4. The maximum absolute atomic E-state index is 6.38. The van der Waals surface area contributed by atoms with Crippen LogP contribution in [0.15, 0.2) is 54.1 Å². The number of aromatic nitrogens is 1. The average molecular weight is 323 g/mol. The van der Waals surface area contributed by atoms with Crippen molar-refractivity contribution in [2.24, 2.45) is 11.5 Å². The molecule has 1 heterocycles. The third-order valence-corrected chi connectivity index (χ3v) is 5.03. The number of hydrogen-bond donors (Lipinski definition) is 2. The molecule has 2 aromatic carbocycles. The van der Waals surface area contributed by atoms with Crippen LogP contribution in [0, 0.1) is 0 Å². The lowest BCUT2D eigenvalue weighted by Crippen LogP contribution is -2.13. The second-order valence-electron chi connectivity index (χ2n) is 5.94. The molecule has 3 nitrogen and oxygen atoms in total. The predicted octanol–water partition coefficient (Wildman–Crippen LogP) is 4.25. The van der Waals surface area contributed by atoms with Crippen LogP contribution in [0.5, 0.6) is 0 Å². The number of nitrogens with zero attached hydrogens (tertiary/aromatic N) is 1. The van der Waals surface area contributed by atoms with Crippen LogP contribution in [-0.2, 0) is 6.42 Å². The Hall–Kier alpha value is -2.17. The van der Waals surface area contributed by atoms with Crippen LogP contribution >= 0.6 is 11.3 Å². The topological polar surface area (TPSA) is 64.9 Å². The molecule has 0 saturated heterocycles. The van der Waals surface area contributed by atoms with Crippen molar-refractivity contribution in [2.75, 3.05) is 0 Å². The van der Waals surface area contributed by atoms with Crippen molar-refractivity contribution in [3.05, 3.63) is 70.2 Å². The lowest BCUT2D eigenvalue weighted by Gasteiger charge is -2.11. The molecule has 23 heavy (non-hydrogen) atoms. The van der Waals surface area contributed by atoms with Crippen molar-refractivity contribution in [3.8, 4) is 0 Å². The van der Waals surface area contributed by atoms with E-state index in [2.05, 4.69) is 23.2 Å². The quantitative estimate of drug-likeness (QED) is 0.754. The van der Waals surface area contributed by atoms with Crippen molar-refractivity contribution < 1.29 is 0 Å². The first kappa shape index (κ1) is 15.7. The number of benzene rings is 2. The molecule has 1 atom stereocenters. The standard InChI is InChI=1S/C19H21N3S/c1-12(2)18(21)14-7-5-6-13(10-14)11-15(20)19-22-16-8-3-4-9-17(16)23-19/h3-10,15H,11,20-21H2,1-2H3. The van der Waals surface area contributed by atoms with Gasteiger partial charge in [-0.05, 0) is 49.6 Å². The molecule has 0 spiro atoms. The lowest BCUT2D eigenvalue weighted by atomic mass is 10.0. The number of thiazole rings is 1. The van der Waals surface area contributed by atoms with E-state index in [9.17, 15) is 0 Å². The van der Waals surface area contributed by atoms with Crippen molar-refractivity contribution in [3.63, 3.8) is 0 Å². The van der Waals surface area contributed by atoms with E-state index >= 15 is 0 Å². The Labute approximate surface area is 140 Å². The van der Waals surface area contributed by atoms with E-state index < -0.39 is 0 Å². The van der Waals surface area contributed by atoms with E-state index in [1.54, 1.807) is 11.3 Å². The van der Waals surface area contributed by atoms with Crippen molar-refractivity contribution in [1.29, 1.82) is 0 Å². The van der Waals surface area contributed by atoms with Gasteiger partial charge in [0.1, 0.15) is 5.01 Å². The van der Waals surface area contributed by atoms with E-state index in [1.165, 1.54) is 10.3 Å². The summed E-state index contributed by atoms with van der Waals surface area (Å²) in [6.07, 6.45) is 0.754. The van der Waals surface area contributed by atoms with Crippen LogP contribution in [-0.4, -0.2) is 4.98 Å². The SMILES string of the molecule is CC(C)=C(N)c1cccc(CC(N)c2nc3ccccc3s2)c1. The first-order valence-corrected chi connectivity index (χ1v) is 8.49. The molecule has 0 aliphatic carbocycles. The normalized spacial score (nSPS) is 12.3. The molecule has 0 aliphatic rings. The number of nitrogens with two attached hydrogens (primary N) is 2. The van der Waals surface area contributed by atoms with Gasteiger partial charge in [-0.3, -0.25) is 0 Å². The second kappa shape index (κ2) is 6.52. The summed E-state index contributed by atoms with van der Waals surface area (Å²) in [6, 6.07) is 16.3. The first-order valence-electron chi connectivity index (χ1n) is 7.68. The molecule has 3 aromatic rings. The van der Waals surface area contributed by atoms with Gasteiger partial charge in [-0.25, -0.2) is 4.98 Å². The van der Waals surface area contributed by atoms with Crippen LogP contribution in [0.25, 0.3) is 15.9 Å². The molecule has 0 fully saturated rings. The monoisotopic (exact) mass is 323 g/mol. The molecule has 0 radical (unpaired) electrons. The molecule has 0 saturated carbocycles. The summed E-state index contributed by atoms with van der Waals surface area (Å²) in [5, 5.41) is 0.979. The maximum Gasteiger partial charge on any atom is 0.111 e. The summed E-state index contributed by atoms with van der Waals surface area (Å²) in [5.41, 5.74) is 17.7. The Morgan fingerprint density at radius 1 is 1.13 bits per heavy atom. The first-order chi connectivity index (χ1) is 11.0. The van der Waals surface area contributed by atoms with Crippen LogP contribution in [0.1, 0.15) is 36.0 Å². The van der Waals surface area contributed by atoms with Gasteiger partial charge in [0.2, 0.25) is 0 Å². The minimum atomic E-state index is -0.101. The maximum atomic E-state index is 6.38. The van der Waals surface area contributed by atoms with Crippen molar-refractivity contribution >= 4 is 27.3 Å². The molecule has 1 unspecified atom stereocenters. The number of allylic oxidation sites excluding steroid dienone is 1. The summed E-state index contributed by atoms with van der Waals surface area (Å²) in [5.74, 6) is 0. The molecule has 0 amide bonds. The van der Waals surface area contributed by atoms with Crippen LogP contribution in [0.4, 0.5) is 0 Å². The fourth-order valence-corrected chi connectivity index (χ4v) is 3.51. The largest absolute Gasteiger partial charge is 0.398 e. The average Bonchev–Trinajstić information content (AvgIpc) is 2.98. The highest BCUT2D eigenvalue weighted by Crippen LogP contribution is 2.27. The molecular formula is C19H21N3S. The molecule has 0 aliphatic heterocycles. The van der Waals surface area contributed by atoms with E-state index in [4.69, 9.17) is 11.5 Å². The fraction of sp³-hybridized carbons (Fsp3) is 0.211. The van der Waals surface area contributed by atoms with Gasteiger partial charge in [0, 0.05) is 5.70 Å². The van der Waals surface area contributed by atoms with Gasteiger partial charge in [0.05, 0.1) is 16.3 Å². The van der Waals surface area contributed by atoms with Gasteiger partial charge < -0.3 is 11.5 Å². The zero-order valence-electron chi connectivity index (χ0n) is 13.4. The minimum absolute atomic E-state index is 0.101. The summed E-state index contributed by atoms with van der Waals surface area (Å²) in [4.78, 5) is 4.65. The lowest BCUT2D eigenvalue weighted by molar-refractivity contribution is 0.717. The van der Waals surface area contributed by atoms with Gasteiger partial charge in [0.25, 0.3) is 0 Å².